The Morgan fingerprint density at radius 2 is 1.79 bits per heavy atom. The molecule has 1 fully saturated rings. The van der Waals surface area contributed by atoms with Gasteiger partial charge in [0.1, 0.15) is 12.6 Å². The molecule has 3 aromatic rings. The minimum absolute atomic E-state index is 0.0374. The summed E-state index contributed by atoms with van der Waals surface area (Å²) in [4.78, 5) is 52.3. The van der Waals surface area contributed by atoms with E-state index in [1.165, 1.54) is 10.7 Å². The fourth-order valence-electron chi connectivity index (χ4n) is 4.55. The van der Waals surface area contributed by atoms with Crippen LogP contribution in [0, 0.1) is 24.0 Å². The lowest BCUT2D eigenvalue weighted by Crippen LogP contribution is -2.52. The number of ether oxygens (including phenoxy) is 2. The van der Waals surface area contributed by atoms with Gasteiger partial charge in [0.15, 0.2) is 5.75 Å². The number of nitrogens with zero attached hydrogens (tertiary/aromatic N) is 5. The van der Waals surface area contributed by atoms with Gasteiger partial charge in [-0.2, -0.15) is 5.10 Å². The molecule has 1 saturated heterocycles. The summed E-state index contributed by atoms with van der Waals surface area (Å²) >= 11 is 0. The van der Waals surface area contributed by atoms with Crippen LogP contribution >= 0.6 is 0 Å². The van der Waals surface area contributed by atoms with Crippen molar-refractivity contribution < 1.29 is 28.8 Å². The van der Waals surface area contributed by atoms with Gasteiger partial charge in [0.2, 0.25) is 5.91 Å². The van der Waals surface area contributed by atoms with Crippen LogP contribution in [0.4, 0.5) is 16.2 Å². The number of anilines is 1. The van der Waals surface area contributed by atoms with Crippen molar-refractivity contribution in [1.82, 2.24) is 19.6 Å². The van der Waals surface area contributed by atoms with Crippen molar-refractivity contribution >= 4 is 29.3 Å². The molecule has 2 aromatic carbocycles. The van der Waals surface area contributed by atoms with E-state index >= 15 is 0 Å². The number of piperazine rings is 1. The molecule has 1 atom stereocenters. The van der Waals surface area contributed by atoms with Crippen LogP contribution in [0.5, 0.6) is 5.75 Å². The van der Waals surface area contributed by atoms with Crippen molar-refractivity contribution in [2.45, 2.75) is 40.3 Å². The van der Waals surface area contributed by atoms with Crippen LogP contribution in [0.25, 0.3) is 0 Å². The number of benzene rings is 2. The fraction of sp³-hybridized carbons (Fsp3) is 0.379. The number of nitrogens with one attached hydrogen (secondary N) is 1. The maximum Gasteiger partial charge on any atom is 0.409 e. The molecule has 13 nitrogen and oxygen atoms in total. The third-order valence-electron chi connectivity index (χ3n) is 6.93. The van der Waals surface area contributed by atoms with Crippen molar-refractivity contribution in [3.8, 4) is 5.75 Å². The van der Waals surface area contributed by atoms with Gasteiger partial charge in [-0.3, -0.25) is 24.4 Å². The second-order valence-corrected chi connectivity index (χ2v) is 9.97. The molecule has 13 heteroatoms. The zero-order valence-electron chi connectivity index (χ0n) is 24.0. The van der Waals surface area contributed by atoms with Gasteiger partial charge in [-0.25, -0.2) is 4.79 Å². The molecule has 1 N–H and O–H groups in total. The number of carbonyl (C=O) groups excluding carboxylic acids is 3. The molecule has 4 rings (SSSR count). The number of hydrogen-bond acceptors (Lipinski definition) is 8. The first-order valence-electron chi connectivity index (χ1n) is 13.6. The molecule has 222 valence electrons. The van der Waals surface area contributed by atoms with Crippen molar-refractivity contribution in [2.24, 2.45) is 0 Å². The Kier molecular flexibility index (Phi) is 9.40. The Bertz CT molecular complexity index is 1480. The molecule has 3 amide bonds. The van der Waals surface area contributed by atoms with Crippen molar-refractivity contribution in [3.63, 3.8) is 0 Å². The predicted molar refractivity (Wildman–Crippen MR) is 153 cm³/mol. The maximum absolute atomic E-state index is 13.1. The van der Waals surface area contributed by atoms with Gasteiger partial charge in [0.25, 0.3) is 5.91 Å². The molecule has 42 heavy (non-hydrogen) atoms. The van der Waals surface area contributed by atoms with E-state index in [2.05, 4.69) is 10.4 Å². The van der Waals surface area contributed by atoms with E-state index in [-0.39, 0.29) is 36.0 Å². The molecular formula is C29H34N6O7. The van der Waals surface area contributed by atoms with Crippen molar-refractivity contribution in [1.29, 1.82) is 0 Å². The Balaban J connectivity index is 1.37. The molecule has 0 radical (unpaired) electrons. The van der Waals surface area contributed by atoms with Crippen LogP contribution in [0.2, 0.25) is 0 Å². The Hall–Kier alpha value is -4.94. The van der Waals surface area contributed by atoms with Crippen LogP contribution in [-0.2, 0) is 16.1 Å². The third kappa shape index (κ3) is 7.03. The standard InChI is InChI=1S/C29H34N6O7/c1-5-41-29(38)33-13-11-32(12-14-33)28(37)21(4)34-17-24(20(3)31-34)30-27(36)23-8-6-7-22(16-23)18-42-26-10-9-19(2)15-25(26)35(39)40/h6-10,15-17,21H,5,11-14,18H2,1-4H3,(H,30,36). The normalized spacial score (nSPS) is 13.8. The lowest BCUT2D eigenvalue weighted by molar-refractivity contribution is -0.386. The van der Waals surface area contributed by atoms with E-state index in [1.807, 2.05) is 0 Å². The quantitative estimate of drug-likeness (QED) is 0.295. The number of hydrogen-bond donors (Lipinski definition) is 1. The summed E-state index contributed by atoms with van der Waals surface area (Å²) < 4.78 is 12.2. The van der Waals surface area contributed by atoms with Crippen LogP contribution < -0.4 is 10.1 Å². The van der Waals surface area contributed by atoms with E-state index in [0.717, 1.165) is 5.56 Å². The molecule has 0 aliphatic carbocycles. The lowest BCUT2D eigenvalue weighted by atomic mass is 10.1. The number of aryl methyl sites for hydroxylation is 2. The summed E-state index contributed by atoms with van der Waals surface area (Å²) in [5.74, 6) is -0.372. The average Bonchev–Trinajstić information content (AvgIpc) is 3.35. The Morgan fingerprint density at radius 3 is 2.48 bits per heavy atom. The lowest BCUT2D eigenvalue weighted by Gasteiger charge is -2.35. The molecular weight excluding hydrogens is 544 g/mol. The third-order valence-corrected chi connectivity index (χ3v) is 6.93. The predicted octanol–water partition coefficient (Wildman–Crippen LogP) is 4.10. The van der Waals surface area contributed by atoms with Gasteiger partial charge in [0, 0.05) is 44.0 Å². The van der Waals surface area contributed by atoms with Gasteiger partial charge in [-0.05, 0) is 57.0 Å². The number of rotatable bonds is 9. The minimum atomic E-state index is -0.616. The van der Waals surface area contributed by atoms with Gasteiger partial charge >= 0.3 is 11.8 Å². The van der Waals surface area contributed by atoms with E-state index in [0.29, 0.717) is 55.3 Å². The first-order valence-corrected chi connectivity index (χ1v) is 13.6. The Labute approximate surface area is 243 Å². The summed E-state index contributed by atoms with van der Waals surface area (Å²) in [5, 5.41) is 18.7. The van der Waals surface area contributed by atoms with Crippen LogP contribution in [-0.4, -0.2) is 75.2 Å². The topological polar surface area (TPSA) is 149 Å². The largest absolute Gasteiger partial charge is 0.482 e. The fourth-order valence-corrected chi connectivity index (χ4v) is 4.55. The Morgan fingerprint density at radius 1 is 1.07 bits per heavy atom. The summed E-state index contributed by atoms with van der Waals surface area (Å²) in [7, 11) is 0. The summed E-state index contributed by atoms with van der Waals surface area (Å²) in [6.07, 6.45) is 1.24. The number of amides is 3. The van der Waals surface area contributed by atoms with E-state index in [4.69, 9.17) is 9.47 Å². The monoisotopic (exact) mass is 578 g/mol. The highest BCUT2D eigenvalue weighted by atomic mass is 16.6. The summed E-state index contributed by atoms with van der Waals surface area (Å²) in [6, 6.07) is 10.9. The highest BCUT2D eigenvalue weighted by molar-refractivity contribution is 6.04. The van der Waals surface area contributed by atoms with Crippen LogP contribution in [0.15, 0.2) is 48.7 Å². The minimum Gasteiger partial charge on any atom is -0.482 e. The summed E-state index contributed by atoms with van der Waals surface area (Å²) in [5.41, 5.74) is 2.66. The smallest absolute Gasteiger partial charge is 0.409 e. The van der Waals surface area contributed by atoms with Crippen molar-refractivity contribution in [2.75, 3.05) is 38.1 Å². The second-order valence-electron chi connectivity index (χ2n) is 9.97. The molecule has 0 bridgehead atoms. The van der Waals surface area contributed by atoms with E-state index < -0.39 is 11.0 Å². The number of carbonyl (C=O) groups is 3. The molecule has 1 aromatic heterocycles. The molecule has 0 spiro atoms. The molecule has 1 aliphatic heterocycles. The van der Waals surface area contributed by atoms with Gasteiger partial charge in [-0.15, -0.1) is 0 Å². The second kappa shape index (κ2) is 13.1. The molecule has 1 aliphatic rings. The number of nitro benzene ring substituents is 1. The zero-order chi connectivity index (χ0) is 30.4. The van der Waals surface area contributed by atoms with Crippen LogP contribution in [0.1, 0.15) is 47.1 Å². The number of nitro groups is 1. The van der Waals surface area contributed by atoms with E-state index in [1.54, 1.807) is 80.1 Å². The maximum atomic E-state index is 13.1. The highest BCUT2D eigenvalue weighted by Gasteiger charge is 2.29. The van der Waals surface area contributed by atoms with Crippen molar-refractivity contribution in [3.05, 3.63) is 81.2 Å². The van der Waals surface area contributed by atoms with Gasteiger partial charge in [0.05, 0.1) is 22.9 Å². The first-order chi connectivity index (χ1) is 20.1. The first kappa shape index (κ1) is 30.0. The van der Waals surface area contributed by atoms with E-state index in [9.17, 15) is 24.5 Å². The molecule has 0 saturated carbocycles. The summed E-state index contributed by atoms with van der Waals surface area (Å²) in [6.45, 7) is 8.89. The average molecular weight is 579 g/mol. The zero-order valence-corrected chi connectivity index (χ0v) is 24.0. The van der Waals surface area contributed by atoms with Crippen LogP contribution in [0.3, 0.4) is 0 Å². The molecule has 1 unspecified atom stereocenters. The number of aromatic nitrogens is 2. The molecule has 2 heterocycles. The SMILES string of the molecule is CCOC(=O)N1CCN(C(=O)C(C)n2cc(NC(=O)c3cccc(COc4ccc(C)cc4[N+](=O)[O-])c3)c(C)n2)CC1. The van der Waals surface area contributed by atoms with Gasteiger partial charge in [-0.1, -0.05) is 18.2 Å². The highest BCUT2D eigenvalue weighted by Crippen LogP contribution is 2.28. The van der Waals surface area contributed by atoms with Gasteiger partial charge < -0.3 is 24.6 Å².